The van der Waals surface area contributed by atoms with E-state index in [4.69, 9.17) is 10.5 Å². The van der Waals surface area contributed by atoms with Gasteiger partial charge in [0, 0.05) is 12.2 Å². The molecular formula is C12H20N2O. The molecule has 1 aromatic rings. The molecule has 1 rings (SSSR count). The molecule has 3 nitrogen and oxygen atoms in total. The number of anilines is 1. The quantitative estimate of drug-likeness (QED) is 0.752. The summed E-state index contributed by atoms with van der Waals surface area (Å²) in [6.07, 6.45) is 1.06. The Morgan fingerprint density at radius 2 is 2.00 bits per heavy atom. The zero-order chi connectivity index (χ0) is 11.1. The molecule has 0 heterocycles. The Labute approximate surface area is 91.6 Å². The zero-order valence-corrected chi connectivity index (χ0v) is 9.49. The lowest BCUT2D eigenvalue weighted by Crippen LogP contribution is -2.15. The van der Waals surface area contributed by atoms with Crippen molar-refractivity contribution in [2.45, 2.75) is 13.3 Å². The molecule has 0 bridgehead atoms. The molecule has 0 spiro atoms. The minimum atomic E-state index is 0.608. The first-order valence-electron chi connectivity index (χ1n) is 5.34. The number of hydrogen-bond donors (Lipinski definition) is 2. The van der Waals surface area contributed by atoms with Crippen LogP contribution in [-0.4, -0.2) is 20.2 Å². The van der Waals surface area contributed by atoms with Crippen LogP contribution < -0.4 is 15.8 Å². The Kier molecular flexibility index (Phi) is 4.98. The summed E-state index contributed by atoms with van der Waals surface area (Å²) in [5, 5.41) is 3.37. The average Bonchev–Trinajstić information content (AvgIpc) is 2.27. The molecule has 0 aliphatic rings. The molecule has 0 aromatic heterocycles. The van der Waals surface area contributed by atoms with Gasteiger partial charge in [-0.1, -0.05) is 6.92 Å². The minimum Gasteiger partial charge on any atom is -0.497 e. The molecule has 0 aliphatic heterocycles. The standard InChI is InChI=1S/C12H20N2O/c1-10(7-8-13)9-14-11-3-5-12(15-2)6-4-11/h3-6,10,14H,7-9,13H2,1-2H3. The van der Waals surface area contributed by atoms with Crippen molar-refractivity contribution in [3.63, 3.8) is 0 Å². The van der Waals surface area contributed by atoms with Gasteiger partial charge in [-0.05, 0) is 43.1 Å². The second-order valence-electron chi connectivity index (χ2n) is 3.79. The number of nitrogens with one attached hydrogen (secondary N) is 1. The van der Waals surface area contributed by atoms with Gasteiger partial charge in [0.05, 0.1) is 7.11 Å². The SMILES string of the molecule is COc1ccc(NCC(C)CCN)cc1. The number of methoxy groups -OCH3 is 1. The van der Waals surface area contributed by atoms with Crippen molar-refractivity contribution in [2.75, 3.05) is 25.5 Å². The van der Waals surface area contributed by atoms with Crippen molar-refractivity contribution in [2.24, 2.45) is 11.7 Å². The molecule has 0 aliphatic carbocycles. The van der Waals surface area contributed by atoms with Gasteiger partial charge in [-0.2, -0.15) is 0 Å². The highest BCUT2D eigenvalue weighted by Crippen LogP contribution is 2.15. The lowest BCUT2D eigenvalue weighted by molar-refractivity contribution is 0.415. The molecule has 0 saturated heterocycles. The van der Waals surface area contributed by atoms with E-state index in [-0.39, 0.29) is 0 Å². The van der Waals surface area contributed by atoms with Crippen LogP contribution in [-0.2, 0) is 0 Å². The maximum atomic E-state index is 5.49. The third-order valence-electron chi connectivity index (χ3n) is 2.40. The monoisotopic (exact) mass is 208 g/mol. The van der Waals surface area contributed by atoms with Crippen LogP contribution >= 0.6 is 0 Å². The van der Waals surface area contributed by atoms with Crippen molar-refractivity contribution in [1.82, 2.24) is 0 Å². The van der Waals surface area contributed by atoms with Crippen LogP contribution in [0.5, 0.6) is 5.75 Å². The Bertz CT molecular complexity index is 271. The lowest BCUT2D eigenvalue weighted by atomic mass is 10.1. The van der Waals surface area contributed by atoms with Gasteiger partial charge in [0.2, 0.25) is 0 Å². The van der Waals surface area contributed by atoms with Crippen LogP contribution in [0.15, 0.2) is 24.3 Å². The largest absolute Gasteiger partial charge is 0.497 e. The second kappa shape index (κ2) is 6.30. The summed E-state index contributed by atoms with van der Waals surface area (Å²) in [5.41, 5.74) is 6.62. The molecule has 0 saturated carbocycles. The van der Waals surface area contributed by atoms with E-state index in [9.17, 15) is 0 Å². The highest BCUT2D eigenvalue weighted by Gasteiger charge is 2.00. The van der Waals surface area contributed by atoms with Crippen molar-refractivity contribution >= 4 is 5.69 Å². The summed E-state index contributed by atoms with van der Waals surface area (Å²) in [6.45, 7) is 3.92. The summed E-state index contributed by atoms with van der Waals surface area (Å²) in [7, 11) is 1.67. The fourth-order valence-electron chi connectivity index (χ4n) is 1.39. The number of nitrogens with two attached hydrogens (primary N) is 1. The number of ether oxygens (including phenoxy) is 1. The van der Waals surface area contributed by atoms with Crippen LogP contribution in [0.1, 0.15) is 13.3 Å². The fourth-order valence-corrected chi connectivity index (χ4v) is 1.39. The van der Waals surface area contributed by atoms with Crippen molar-refractivity contribution in [3.8, 4) is 5.75 Å². The zero-order valence-electron chi connectivity index (χ0n) is 9.49. The molecule has 3 heteroatoms. The van der Waals surface area contributed by atoms with E-state index < -0.39 is 0 Å². The van der Waals surface area contributed by atoms with Gasteiger partial charge in [0.15, 0.2) is 0 Å². The van der Waals surface area contributed by atoms with Gasteiger partial charge in [0.1, 0.15) is 5.75 Å². The van der Waals surface area contributed by atoms with Gasteiger partial charge < -0.3 is 15.8 Å². The van der Waals surface area contributed by atoms with E-state index in [0.717, 1.165) is 30.9 Å². The molecule has 1 unspecified atom stereocenters. The Morgan fingerprint density at radius 3 is 2.53 bits per heavy atom. The number of benzene rings is 1. The Morgan fingerprint density at radius 1 is 1.33 bits per heavy atom. The lowest BCUT2D eigenvalue weighted by Gasteiger charge is -2.12. The summed E-state index contributed by atoms with van der Waals surface area (Å²) >= 11 is 0. The third kappa shape index (κ3) is 4.21. The van der Waals surface area contributed by atoms with E-state index in [1.54, 1.807) is 7.11 Å². The predicted octanol–water partition coefficient (Wildman–Crippen LogP) is 2.09. The van der Waals surface area contributed by atoms with Crippen molar-refractivity contribution < 1.29 is 4.74 Å². The first kappa shape index (κ1) is 11.9. The van der Waals surface area contributed by atoms with E-state index in [2.05, 4.69) is 12.2 Å². The maximum absolute atomic E-state index is 5.49. The summed E-state index contributed by atoms with van der Waals surface area (Å²) < 4.78 is 5.09. The molecule has 0 radical (unpaired) electrons. The number of hydrogen-bond acceptors (Lipinski definition) is 3. The molecule has 0 fully saturated rings. The molecular weight excluding hydrogens is 188 g/mol. The van der Waals surface area contributed by atoms with Gasteiger partial charge in [-0.15, -0.1) is 0 Å². The van der Waals surface area contributed by atoms with Crippen LogP contribution in [0, 0.1) is 5.92 Å². The smallest absolute Gasteiger partial charge is 0.119 e. The molecule has 0 amide bonds. The van der Waals surface area contributed by atoms with Crippen LogP contribution in [0.3, 0.4) is 0 Å². The maximum Gasteiger partial charge on any atom is 0.119 e. The highest BCUT2D eigenvalue weighted by atomic mass is 16.5. The van der Waals surface area contributed by atoms with Gasteiger partial charge in [-0.3, -0.25) is 0 Å². The first-order chi connectivity index (χ1) is 7.26. The summed E-state index contributed by atoms with van der Waals surface area (Å²) in [6, 6.07) is 7.95. The molecule has 3 N–H and O–H groups in total. The molecule has 84 valence electrons. The highest BCUT2D eigenvalue weighted by molar-refractivity contribution is 5.46. The minimum absolute atomic E-state index is 0.608. The summed E-state index contributed by atoms with van der Waals surface area (Å²) in [5.74, 6) is 1.49. The number of rotatable bonds is 6. The third-order valence-corrected chi connectivity index (χ3v) is 2.40. The van der Waals surface area contributed by atoms with Crippen LogP contribution in [0.2, 0.25) is 0 Å². The van der Waals surface area contributed by atoms with Gasteiger partial charge >= 0.3 is 0 Å². The predicted molar refractivity (Wildman–Crippen MR) is 64.3 cm³/mol. The molecule has 1 atom stereocenters. The summed E-state index contributed by atoms with van der Waals surface area (Å²) in [4.78, 5) is 0. The molecule has 1 aromatic carbocycles. The van der Waals surface area contributed by atoms with Crippen LogP contribution in [0.25, 0.3) is 0 Å². The first-order valence-corrected chi connectivity index (χ1v) is 5.34. The Balaban J connectivity index is 2.37. The van der Waals surface area contributed by atoms with E-state index in [0.29, 0.717) is 5.92 Å². The Hall–Kier alpha value is -1.22. The topological polar surface area (TPSA) is 47.3 Å². The normalized spacial score (nSPS) is 12.2. The van der Waals surface area contributed by atoms with E-state index in [1.807, 2.05) is 24.3 Å². The second-order valence-corrected chi connectivity index (χ2v) is 3.79. The van der Waals surface area contributed by atoms with Gasteiger partial charge in [-0.25, -0.2) is 0 Å². The van der Waals surface area contributed by atoms with Crippen LogP contribution in [0.4, 0.5) is 5.69 Å². The van der Waals surface area contributed by atoms with Gasteiger partial charge in [0.25, 0.3) is 0 Å². The average molecular weight is 208 g/mol. The van der Waals surface area contributed by atoms with Crippen molar-refractivity contribution in [3.05, 3.63) is 24.3 Å². The molecule has 15 heavy (non-hydrogen) atoms. The van der Waals surface area contributed by atoms with E-state index in [1.165, 1.54) is 0 Å². The fraction of sp³-hybridized carbons (Fsp3) is 0.500. The van der Waals surface area contributed by atoms with E-state index >= 15 is 0 Å². The van der Waals surface area contributed by atoms with Crippen molar-refractivity contribution in [1.29, 1.82) is 0 Å².